The van der Waals surface area contributed by atoms with Crippen LogP contribution in [0.2, 0.25) is 0 Å². The Bertz CT molecular complexity index is 352. The van der Waals surface area contributed by atoms with E-state index in [-0.39, 0.29) is 0 Å². The molecule has 0 aromatic heterocycles. The van der Waals surface area contributed by atoms with Gasteiger partial charge in [-0.15, -0.1) is 0 Å². The molecule has 0 aliphatic rings. The number of nitrogens with one attached hydrogen (secondary N) is 1. The average Bonchev–Trinajstić information content (AvgIpc) is 2.35. The zero-order chi connectivity index (χ0) is 13.5. The molecule has 1 rings (SSSR count). The third-order valence-electron chi connectivity index (χ3n) is 2.37. The summed E-state index contributed by atoms with van der Waals surface area (Å²) in [5, 5.41) is 3.32. The van der Waals surface area contributed by atoms with Gasteiger partial charge in [-0.3, -0.25) is 0 Å². The van der Waals surface area contributed by atoms with Crippen LogP contribution in [0.15, 0.2) is 12.1 Å². The Morgan fingerprint density at radius 1 is 1.11 bits per heavy atom. The van der Waals surface area contributed by atoms with Crippen molar-refractivity contribution in [3.63, 3.8) is 0 Å². The van der Waals surface area contributed by atoms with Crippen LogP contribution in [0.1, 0.15) is 27.2 Å². The molecule has 0 aliphatic carbocycles. The summed E-state index contributed by atoms with van der Waals surface area (Å²) in [7, 11) is 3.26. The Hall–Kier alpha value is -1.58. The maximum absolute atomic E-state index is 5.68. The third kappa shape index (κ3) is 3.72. The summed E-state index contributed by atoms with van der Waals surface area (Å²) in [6.45, 7) is 6.87. The number of methoxy groups -OCH3 is 2. The molecule has 0 radical (unpaired) electrons. The van der Waals surface area contributed by atoms with E-state index in [4.69, 9.17) is 14.2 Å². The molecular weight excluding hydrogens is 230 g/mol. The van der Waals surface area contributed by atoms with E-state index in [1.54, 1.807) is 14.2 Å². The normalized spacial score (nSPS) is 10.3. The predicted octanol–water partition coefficient (Wildman–Crippen LogP) is 3.31. The second kappa shape index (κ2) is 6.99. The number of hydrogen-bond donors (Lipinski definition) is 1. The summed E-state index contributed by atoms with van der Waals surface area (Å²) in [4.78, 5) is 0. The molecule has 4 heteroatoms. The van der Waals surface area contributed by atoms with Crippen LogP contribution in [0.5, 0.6) is 17.2 Å². The van der Waals surface area contributed by atoms with Crippen molar-refractivity contribution in [1.29, 1.82) is 0 Å². The maximum Gasteiger partial charge on any atom is 0.203 e. The average molecular weight is 253 g/mol. The maximum atomic E-state index is 5.68. The zero-order valence-electron chi connectivity index (χ0n) is 11.9. The van der Waals surface area contributed by atoms with E-state index < -0.39 is 0 Å². The second-order valence-electron chi connectivity index (χ2n) is 4.36. The fourth-order valence-corrected chi connectivity index (χ4v) is 1.64. The summed E-state index contributed by atoms with van der Waals surface area (Å²) in [6.07, 6.45) is 0.943. The van der Waals surface area contributed by atoms with Gasteiger partial charge in [0.1, 0.15) is 0 Å². The highest BCUT2D eigenvalue weighted by Crippen LogP contribution is 2.40. The number of benzene rings is 1. The van der Waals surface area contributed by atoms with Crippen molar-refractivity contribution in [1.82, 2.24) is 0 Å². The fourth-order valence-electron chi connectivity index (χ4n) is 1.64. The van der Waals surface area contributed by atoms with Crippen LogP contribution in [0, 0.1) is 0 Å². The molecule has 0 bridgehead atoms. The summed E-state index contributed by atoms with van der Waals surface area (Å²) < 4.78 is 16.4. The lowest BCUT2D eigenvalue weighted by Gasteiger charge is -2.17. The molecule has 1 aromatic rings. The molecule has 0 atom stereocenters. The lowest BCUT2D eigenvalue weighted by atomic mass is 10.2. The lowest BCUT2D eigenvalue weighted by Crippen LogP contribution is -2.10. The molecule has 18 heavy (non-hydrogen) atoms. The van der Waals surface area contributed by atoms with Crippen LogP contribution in [0.4, 0.5) is 5.69 Å². The van der Waals surface area contributed by atoms with Crippen LogP contribution in [-0.4, -0.2) is 26.9 Å². The minimum absolute atomic E-state index is 0.349. The second-order valence-corrected chi connectivity index (χ2v) is 4.36. The van der Waals surface area contributed by atoms with E-state index >= 15 is 0 Å². The number of hydrogen-bond acceptors (Lipinski definition) is 4. The van der Waals surface area contributed by atoms with Gasteiger partial charge in [0.2, 0.25) is 5.75 Å². The van der Waals surface area contributed by atoms with Gasteiger partial charge in [-0.25, -0.2) is 0 Å². The van der Waals surface area contributed by atoms with Gasteiger partial charge in [0.15, 0.2) is 11.5 Å². The molecule has 0 amide bonds. The van der Waals surface area contributed by atoms with Gasteiger partial charge in [0.05, 0.1) is 20.8 Å². The largest absolute Gasteiger partial charge is 0.493 e. The van der Waals surface area contributed by atoms with Gasteiger partial charge in [-0.05, 0) is 20.3 Å². The standard InChI is InChI=1S/C14H23NO3/c1-6-7-18-14-12(16-4)8-11(15-10(2)3)9-13(14)17-5/h8-10,15H,6-7H2,1-5H3. The van der Waals surface area contributed by atoms with Crippen molar-refractivity contribution in [2.45, 2.75) is 33.2 Å². The SMILES string of the molecule is CCCOc1c(OC)cc(NC(C)C)cc1OC. The van der Waals surface area contributed by atoms with Crippen molar-refractivity contribution < 1.29 is 14.2 Å². The molecule has 1 N–H and O–H groups in total. The molecule has 1 aromatic carbocycles. The number of rotatable bonds is 7. The van der Waals surface area contributed by atoms with E-state index in [0.29, 0.717) is 29.9 Å². The molecular formula is C14H23NO3. The van der Waals surface area contributed by atoms with E-state index in [1.165, 1.54) is 0 Å². The predicted molar refractivity (Wildman–Crippen MR) is 74.1 cm³/mol. The Labute approximate surface area is 109 Å². The highest BCUT2D eigenvalue weighted by molar-refractivity contribution is 5.62. The third-order valence-corrected chi connectivity index (χ3v) is 2.37. The highest BCUT2D eigenvalue weighted by atomic mass is 16.5. The minimum atomic E-state index is 0.349. The van der Waals surface area contributed by atoms with Crippen LogP contribution in [0.25, 0.3) is 0 Å². The molecule has 0 saturated heterocycles. The van der Waals surface area contributed by atoms with Gasteiger partial charge < -0.3 is 19.5 Å². The van der Waals surface area contributed by atoms with Crippen molar-refractivity contribution in [2.24, 2.45) is 0 Å². The summed E-state index contributed by atoms with van der Waals surface area (Å²) in [6, 6.07) is 4.20. The summed E-state index contributed by atoms with van der Waals surface area (Å²) in [5.41, 5.74) is 0.961. The molecule has 0 spiro atoms. The molecule has 0 fully saturated rings. The van der Waals surface area contributed by atoms with Gasteiger partial charge in [-0.2, -0.15) is 0 Å². The minimum Gasteiger partial charge on any atom is -0.493 e. The van der Waals surface area contributed by atoms with Crippen LogP contribution in [0.3, 0.4) is 0 Å². The fraction of sp³-hybridized carbons (Fsp3) is 0.571. The van der Waals surface area contributed by atoms with Gasteiger partial charge in [-0.1, -0.05) is 6.92 Å². The molecule has 0 aliphatic heterocycles. The van der Waals surface area contributed by atoms with E-state index in [0.717, 1.165) is 12.1 Å². The van der Waals surface area contributed by atoms with Crippen molar-refractivity contribution in [2.75, 3.05) is 26.1 Å². The summed E-state index contributed by atoms with van der Waals surface area (Å²) >= 11 is 0. The van der Waals surface area contributed by atoms with Gasteiger partial charge in [0.25, 0.3) is 0 Å². The van der Waals surface area contributed by atoms with Gasteiger partial charge in [0, 0.05) is 23.9 Å². The number of anilines is 1. The Morgan fingerprint density at radius 2 is 1.67 bits per heavy atom. The van der Waals surface area contributed by atoms with Crippen LogP contribution in [-0.2, 0) is 0 Å². The van der Waals surface area contributed by atoms with Crippen LogP contribution < -0.4 is 19.5 Å². The molecule has 0 unspecified atom stereocenters. The first kappa shape index (κ1) is 14.5. The van der Waals surface area contributed by atoms with E-state index in [1.807, 2.05) is 12.1 Å². The van der Waals surface area contributed by atoms with Crippen molar-refractivity contribution in [3.05, 3.63) is 12.1 Å². The quantitative estimate of drug-likeness (QED) is 0.809. The molecule has 0 heterocycles. The lowest BCUT2D eigenvalue weighted by molar-refractivity contribution is 0.275. The smallest absolute Gasteiger partial charge is 0.203 e. The molecule has 102 valence electrons. The zero-order valence-corrected chi connectivity index (χ0v) is 11.9. The first-order valence-electron chi connectivity index (χ1n) is 6.27. The van der Waals surface area contributed by atoms with Crippen molar-refractivity contribution in [3.8, 4) is 17.2 Å². The molecule has 0 saturated carbocycles. The number of ether oxygens (including phenoxy) is 3. The Balaban J connectivity index is 3.08. The van der Waals surface area contributed by atoms with Crippen LogP contribution >= 0.6 is 0 Å². The Morgan fingerprint density at radius 3 is 2.06 bits per heavy atom. The van der Waals surface area contributed by atoms with E-state index in [9.17, 15) is 0 Å². The monoisotopic (exact) mass is 253 g/mol. The highest BCUT2D eigenvalue weighted by Gasteiger charge is 2.14. The Kier molecular flexibility index (Phi) is 5.62. The van der Waals surface area contributed by atoms with Gasteiger partial charge >= 0.3 is 0 Å². The van der Waals surface area contributed by atoms with Crippen molar-refractivity contribution >= 4 is 5.69 Å². The topological polar surface area (TPSA) is 39.7 Å². The first-order chi connectivity index (χ1) is 8.62. The van der Waals surface area contributed by atoms with E-state index in [2.05, 4.69) is 26.1 Å². The molecule has 4 nitrogen and oxygen atoms in total. The first-order valence-corrected chi connectivity index (χ1v) is 6.27. The summed E-state index contributed by atoms with van der Waals surface area (Å²) in [5.74, 6) is 2.04.